The lowest BCUT2D eigenvalue weighted by Crippen LogP contribution is -2.12. The first-order valence-corrected chi connectivity index (χ1v) is 4.81. The molecule has 0 radical (unpaired) electrons. The monoisotopic (exact) mass is 206 g/mol. The quantitative estimate of drug-likeness (QED) is 0.774. The molecule has 1 heterocycles. The highest BCUT2D eigenvalue weighted by Gasteiger charge is 2.07. The Morgan fingerprint density at radius 1 is 1.47 bits per heavy atom. The van der Waals surface area contributed by atoms with Gasteiger partial charge in [-0.05, 0) is 24.6 Å². The van der Waals surface area contributed by atoms with Crippen molar-refractivity contribution in [3.8, 4) is 0 Å². The van der Waals surface area contributed by atoms with E-state index in [9.17, 15) is 9.18 Å². The van der Waals surface area contributed by atoms with Crippen LogP contribution in [0.3, 0.4) is 0 Å². The van der Waals surface area contributed by atoms with Crippen molar-refractivity contribution in [2.45, 2.75) is 20.3 Å². The van der Waals surface area contributed by atoms with Gasteiger partial charge < -0.3 is 4.98 Å². The molecule has 0 unspecified atom stereocenters. The van der Waals surface area contributed by atoms with Crippen molar-refractivity contribution in [3.63, 3.8) is 0 Å². The summed E-state index contributed by atoms with van der Waals surface area (Å²) < 4.78 is 13.1. The molecule has 0 saturated carbocycles. The molecule has 1 aromatic heterocycles. The first-order chi connectivity index (χ1) is 7.11. The molecule has 0 atom stereocenters. The van der Waals surface area contributed by atoms with Crippen molar-refractivity contribution >= 4 is 10.9 Å². The van der Waals surface area contributed by atoms with E-state index < -0.39 is 5.82 Å². The minimum atomic E-state index is -0.406. The molecule has 0 aliphatic heterocycles. The minimum absolute atomic E-state index is 0.278. The van der Waals surface area contributed by atoms with E-state index in [0.29, 0.717) is 28.7 Å². The summed E-state index contributed by atoms with van der Waals surface area (Å²) in [5.41, 5.74) is 0.988. The number of rotatable bonds is 1. The van der Waals surface area contributed by atoms with Crippen LogP contribution in [0.15, 0.2) is 16.9 Å². The lowest BCUT2D eigenvalue weighted by Gasteiger charge is -2.03. The number of fused-ring (bicyclic) bond motifs is 1. The van der Waals surface area contributed by atoms with Gasteiger partial charge in [0.05, 0.1) is 10.9 Å². The largest absolute Gasteiger partial charge is 0.310 e. The summed E-state index contributed by atoms with van der Waals surface area (Å²) in [6.45, 7) is 3.65. The normalized spacial score (nSPS) is 10.9. The Morgan fingerprint density at radius 3 is 2.87 bits per heavy atom. The molecular formula is C11H11FN2O. The van der Waals surface area contributed by atoms with Crippen LogP contribution in [0, 0.1) is 12.7 Å². The van der Waals surface area contributed by atoms with Crippen LogP contribution in [0.1, 0.15) is 18.3 Å². The van der Waals surface area contributed by atoms with Crippen molar-refractivity contribution in [2.24, 2.45) is 0 Å². The van der Waals surface area contributed by atoms with Crippen LogP contribution in [0.4, 0.5) is 4.39 Å². The molecule has 0 aliphatic carbocycles. The Bertz CT molecular complexity index is 575. The smallest absolute Gasteiger partial charge is 0.258 e. The number of halogens is 1. The van der Waals surface area contributed by atoms with Crippen LogP contribution >= 0.6 is 0 Å². The van der Waals surface area contributed by atoms with Crippen LogP contribution in [0.2, 0.25) is 0 Å². The molecule has 3 nitrogen and oxygen atoms in total. The number of H-pyrrole nitrogens is 1. The number of hydrogen-bond donors (Lipinski definition) is 1. The minimum Gasteiger partial charge on any atom is -0.310 e. The van der Waals surface area contributed by atoms with Gasteiger partial charge in [0.2, 0.25) is 0 Å². The van der Waals surface area contributed by atoms with E-state index in [4.69, 9.17) is 0 Å². The molecule has 0 aliphatic rings. The molecule has 4 heteroatoms. The number of nitrogens with one attached hydrogen (secondary N) is 1. The molecule has 1 N–H and O–H groups in total. The molecule has 0 saturated heterocycles. The second kappa shape index (κ2) is 3.46. The predicted octanol–water partition coefficient (Wildman–Crippen LogP) is 1.93. The lowest BCUT2D eigenvalue weighted by molar-refractivity contribution is 0.628. The lowest BCUT2D eigenvalue weighted by atomic mass is 10.1. The highest BCUT2D eigenvalue weighted by atomic mass is 19.1. The third-order valence-corrected chi connectivity index (χ3v) is 2.35. The topological polar surface area (TPSA) is 45.8 Å². The van der Waals surface area contributed by atoms with E-state index in [1.54, 1.807) is 6.92 Å². The van der Waals surface area contributed by atoms with Gasteiger partial charge >= 0.3 is 0 Å². The van der Waals surface area contributed by atoms with E-state index in [1.807, 2.05) is 6.92 Å². The Labute approximate surface area is 86.0 Å². The average molecular weight is 206 g/mol. The number of hydrogen-bond acceptors (Lipinski definition) is 2. The zero-order chi connectivity index (χ0) is 11.0. The first kappa shape index (κ1) is 9.83. The molecule has 1 aromatic carbocycles. The Kier molecular flexibility index (Phi) is 2.26. The summed E-state index contributed by atoms with van der Waals surface area (Å²) in [7, 11) is 0. The number of aryl methyl sites for hydroxylation is 2. The third kappa shape index (κ3) is 1.63. The van der Waals surface area contributed by atoms with Gasteiger partial charge in [0.25, 0.3) is 5.56 Å². The van der Waals surface area contributed by atoms with E-state index in [2.05, 4.69) is 9.97 Å². The van der Waals surface area contributed by atoms with Crippen LogP contribution in [-0.4, -0.2) is 9.97 Å². The van der Waals surface area contributed by atoms with Gasteiger partial charge in [-0.25, -0.2) is 9.37 Å². The van der Waals surface area contributed by atoms with Gasteiger partial charge in [0.15, 0.2) is 0 Å². The summed E-state index contributed by atoms with van der Waals surface area (Å²) >= 11 is 0. The van der Waals surface area contributed by atoms with E-state index in [1.165, 1.54) is 12.1 Å². The standard InChI is InChI=1S/C11H11FN2O/c1-3-9-13-10-6(2)4-7(12)5-8(10)11(15)14-9/h4-5H,3H2,1-2H3,(H,13,14,15). The zero-order valence-corrected chi connectivity index (χ0v) is 8.60. The van der Waals surface area contributed by atoms with E-state index in [0.717, 1.165) is 0 Å². The number of benzene rings is 1. The van der Waals surface area contributed by atoms with Gasteiger partial charge in [-0.1, -0.05) is 6.92 Å². The molecule has 0 amide bonds. The molecule has 2 rings (SSSR count). The van der Waals surface area contributed by atoms with Gasteiger partial charge in [-0.3, -0.25) is 4.79 Å². The van der Waals surface area contributed by atoms with Crippen molar-refractivity contribution in [1.29, 1.82) is 0 Å². The summed E-state index contributed by atoms with van der Waals surface area (Å²) in [4.78, 5) is 18.5. The van der Waals surface area contributed by atoms with Crippen molar-refractivity contribution in [2.75, 3.05) is 0 Å². The molecule has 0 spiro atoms. The maximum atomic E-state index is 13.1. The zero-order valence-electron chi connectivity index (χ0n) is 8.60. The molecular weight excluding hydrogens is 195 g/mol. The second-order valence-corrected chi connectivity index (χ2v) is 3.49. The van der Waals surface area contributed by atoms with E-state index in [-0.39, 0.29) is 5.56 Å². The fourth-order valence-corrected chi connectivity index (χ4v) is 1.59. The van der Waals surface area contributed by atoms with Gasteiger partial charge in [0.1, 0.15) is 11.6 Å². The number of nitrogens with zero attached hydrogens (tertiary/aromatic N) is 1. The Balaban J connectivity index is 2.91. The summed E-state index contributed by atoms with van der Waals surface area (Å²) in [5, 5.41) is 0.310. The number of aromatic nitrogens is 2. The predicted molar refractivity (Wildman–Crippen MR) is 56.4 cm³/mol. The van der Waals surface area contributed by atoms with Gasteiger partial charge in [-0.15, -0.1) is 0 Å². The Hall–Kier alpha value is -1.71. The highest BCUT2D eigenvalue weighted by molar-refractivity contribution is 5.80. The summed E-state index contributed by atoms with van der Waals surface area (Å²) in [6.07, 6.45) is 0.655. The van der Waals surface area contributed by atoms with Crippen molar-refractivity contribution in [1.82, 2.24) is 9.97 Å². The maximum absolute atomic E-state index is 13.1. The van der Waals surface area contributed by atoms with Crippen LogP contribution < -0.4 is 5.56 Å². The summed E-state index contributed by atoms with van der Waals surface area (Å²) in [6, 6.07) is 2.60. The SMILES string of the molecule is CCc1nc2c(C)cc(F)cc2c(=O)[nH]1. The van der Waals surface area contributed by atoms with Crippen LogP contribution in [-0.2, 0) is 6.42 Å². The van der Waals surface area contributed by atoms with Crippen LogP contribution in [0.25, 0.3) is 10.9 Å². The van der Waals surface area contributed by atoms with E-state index >= 15 is 0 Å². The van der Waals surface area contributed by atoms with Crippen LogP contribution in [0.5, 0.6) is 0 Å². The van der Waals surface area contributed by atoms with Crippen molar-refractivity contribution in [3.05, 3.63) is 39.7 Å². The molecule has 15 heavy (non-hydrogen) atoms. The molecule has 0 fully saturated rings. The first-order valence-electron chi connectivity index (χ1n) is 4.81. The fourth-order valence-electron chi connectivity index (χ4n) is 1.59. The molecule has 78 valence electrons. The maximum Gasteiger partial charge on any atom is 0.258 e. The average Bonchev–Trinajstić information content (AvgIpc) is 2.19. The Morgan fingerprint density at radius 2 is 2.20 bits per heavy atom. The highest BCUT2D eigenvalue weighted by Crippen LogP contribution is 2.14. The van der Waals surface area contributed by atoms with Gasteiger partial charge in [0, 0.05) is 6.42 Å². The second-order valence-electron chi connectivity index (χ2n) is 3.49. The fraction of sp³-hybridized carbons (Fsp3) is 0.273. The van der Waals surface area contributed by atoms with Gasteiger partial charge in [-0.2, -0.15) is 0 Å². The van der Waals surface area contributed by atoms with Crippen molar-refractivity contribution < 1.29 is 4.39 Å². The molecule has 2 aromatic rings. The molecule has 0 bridgehead atoms. The summed E-state index contributed by atoms with van der Waals surface area (Å²) in [5.74, 6) is 0.221. The number of aromatic amines is 1. The third-order valence-electron chi connectivity index (χ3n) is 2.35.